The summed E-state index contributed by atoms with van der Waals surface area (Å²) in [6.45, 7) is 3.45. The molecule has 6 nitrogen and oxygen atoms in total. The summed E-state index contributed by atoms with van der Waals surface area (Å²) in [7, 11) is 1.92. The molecule has 0 saturated carbocycles. The Labute approximate surface area is 160 Å². The lowest BCUT2D eigenvalue weighted by Gasteiger charge is -2.33. The molecule has 144 valence electrons. The molecule has 2 aromatic rings. The van der Waals surface area contributed by atoms with Gasteiger partial charge in [-0.15, -0.1) is 0 Å². The molecule has 3 rings (SSSR count). The second-order valence-corrected chi connectivity index (χ2v) is 7.10. The lowest BCUT2D eigenvalue weighted by Crippen LogP contribution is -2.47. The van der Waals surface area contributed by atoms with E-state index in [0.717, 1.165) is 38.2 Å². The van der Waals surface area contributed by atoms with Gasteiger partial charge in [0, 0.05) is 56.4 Å². The van der Waals surface area contributed by atoms with Gasteiger partial charge in [0.15, 0.2) is 0 Å². The summed E-state index contributed by atoms with van der Waals surface area (Å²) >= 11 is 0. The molecule has 2 N–H and O–H groups in total. The van der Waals surface area contributed by atoms with E-state index in [1.165, 1.54) is 5.56 Å². The fourth-order valence-corrected chi connectivity index (χ4v) is 3.48. The molecule has 0 aliphatic carbocycles. The van der Waals surface area contributed by atoms with Crippen molar-refractivity contribution in [2.24, 2.45) is 0 Å². The number of pyridine rings is 1. The quantitative estimate of drug-likeness (QED) is 0.781. The normalized spacial score (nSPS) is 17.5. The number of likely N-dealkylation sites (tertiary alicyclic amines) is 1. The van der Waals surface area contributed by atoms with Crippen LogP contribution in [0.2, 0.25) is 0 Å². The maximum Gasteiger partial charge on any atom is 0.251 e. The van der Waals surface area contributed by atoms with Crippen LogP contribution in [0.1, 0.15) is 28.8 Å². The van der Waals surface area contributed by atoms with E-state index >= 15 is 0 Å². The molecule has 0 radical (unpaired) electrons. The molecule has 1 aliphatic rings. The van der Waals surface area contributed by atoms with Crippen LogP contribution in [0.4, 0.5) is 5.69 Å². The number of hydrogen-bond acceptors (Lipinski definition) is 5. The van der Waals surface area contributed by atoms with E-state index in [-0.39, 0.29) is 18.6 Å². The number of rotatable bonds is 7. The number of amides is 1. The molecule has 1 amide bonds. The molecule has 2 heterocycles. The first kappa shape index (κ1) is 19.3. The predicted octanol–water partition coefficient (Wildman–Crippen LogP) is 1.90. The summed E-state index contributed by atoms with van der Waals surface area (Å²) in [5, 5.41) is 12.2. The van der Waals surface area contributed by atoms with E-state index in [0.29, 0.717) is 12.1 Å². The highest BCUT2D eigenvalue weighted by Gasteiger charge is 2.22. The first-order valence-corrected chi connectivity index (χ1v) is 9.50. The Morgan fingerprint density at radius 1 is 1.33 bits per heavy atom. The van der Waals surface area contributed by atoms with Gasteiger partial charge in [-0.25, -0.2) is 0 Å². The number of carbonyl (C=O) groups is 1. The second-order valence-electron chi connectivity index (χ2n) is 7.10. The molecule has 1 aliphatic heterocycles. The van der Waals surface area contributed by atoms with Gasteiger partial charge < -0.3 is 15.3 Å². The Morgan fingerprint density at radius 3 is 2.85 bits per heavy atom. The van der Waals surface area contributed by atoms with Gasteiger partial charge >= 0.3 is 0 Å². The van der Waals surface area contributed by atoms with E-state index in [1.54, 1.807) is 6.20 Å². The van der Waals surface area contributed by atoms with Crippen LogP contribution in [0, 0.1) is 0 Å². The number of nitrogens with one attached hydrogen (secondary N) is 1. The summed E-state index contributed by atoms with van der Waals surface area (Å²) in [5.41, 5.74) is 2.86. The first-order valence-electron chi connectivity index (χ1n) is 9.50. The minimum atomic E-state index is -0.0282. The molecule has 0 bridgehead atoms. The number of anilines is 1. The zero-order valence-corrected chi connectivity index (χ0v) is 15.8. The van der Waals surface area contributed by atoms with Crippen LogP contribution in [0.3, 0.4) is 0 Å². The third-order valence-corrected chi connectivity index (χ3v) is 4.98. The van der Waals surface area contributed by atoms with Crippen LogP contribution in [-0.4, -0.2) is 60.2 Å². The predicted molar refractivity (Wildman–Crippen MR) is 107 cm³/mol. The van der Waals surface area contributed by atoms with E-state index in [4.69, 9.17) is 5.11 Å². The van der Waals surface area contributed by atoms with Gasteiger partial charge in [0.2, 0.25) is 0 Å². The van der Waals surface area contributed by atoms with Gasteiger partial charge in [-0.2, -0.15) is 0 Å². The van der Waals surface area contributed by atoms with Crippen LogP contribution in [-0.2, 0) is 6.54 Å². The number of hydrogen-bond donors (Lipinski definition) is 2. The van der Waals surface area contributed by atoms with Gasteiger partial charge in [-0.1, -0.05) is 6.07 Å². The molecule has 1 aromatic carbocycles. The maximum atomic E-state index is 12.6. The Morgan fingerprint density at radius 2 is 2.15 bits per heavy atom. The number of aromatic nitrogens is 1. The van der Waals surface area contributed by atoms with Gasteiger partial charge in [0.05, 0.1) is 6.61 Å². The summed E-state index contributed by atoms with van der Waals surface area (Å²) in [6, 6.07) is 11.7. The molecule has 1 saturated heterocycles. The lowest BCUT2D eigenvalue weighted by atomic mass is 10.0. The average Bonchev–Trinajstić information content (AvgIpc) is 2.69. The third kappa shape index (κ3) is 5.52. The molecule has 0 unspecified atom stereocenters. The molecule has 6 heteroatoms. The third-order valence-electron chi connectivity index (χ3n) is 4.98. The van der Waals surface area contributed by atoms with Gasteiger partial charge in [0.1, 0.15) is 0 Å². The molecule has 0 spiro atoms. The van der Waals surface area contributed by atoms with Crippen LogP contribution in [0.25, 0.3) is 0 Å². The van der Waals surface area contributed by atoms with Crippen LogP contribution >= 0.6 is 0 Å². The van der Waals surface area contributed by atoms with Crippen molar-refractivity contribution < 1.29 is 9.90 Å². The fraction of sp³-hybridized carbons (Fsp3) is 0.429. The van der Waals surface area contributed by atoms with Crippen molar-refractivity contribution >= 4 is 11.6 Å². The molecule has 27 heavy (non-hydrogen) atoms. The first-order chi connectivity index (χ1) is 13.2. The summed E-state index contributed by atoms with van der Waals surface area (Å²) in [5.74, 6) is -0.0282. The minimum absolute atomic E-state index is 0.0282. The van der Waals surface area contributed by atoms with Gasteiger partial charge in [0.25, 0.3) is 5.91 Å². The number of nitrogens with zero attached hydrogens (tertiary/aromatic N) is 3. The van der Waals surface area contributed by atoms with Crippen LogP contribution < -0.4 is 10.2 Å². The van der Waals surface area contributed by atoms with E-state index in [1.807, 2.05) is 48.5 Å². The molecular weight excluding hydrogens is 340 g/mol. The highest BCUT2D eigenvalue weighted by atomic mass is 16.3. The number of aliphatic hydroxyl groups is 1. The maximum absolute atomic E-state index is 12.6. The highest BCUT2D eigenvalue weighted by Crippen LogP contribution is 2.16. The van der Waals surface area contributed by atoms with Gasteiger partial charge in [-0.05, 0) is 55.3 Å². The van der Waals surface area contributed by atoms with Crippen molar-refractivity contribution in [2.75, 3.05) is 38.2 Å². The highest BCUT2D eigenvalue weighted by molar-refractivity contribution is 5.94. The van der Waals surface area contributed by atoms with Crippen LogP contribution in [0.5, 0.6) is 0 Å². The monoisotopic (exact) mass is 368 g/mol. The molecule has 1 atom stereocenters. The molecular formula is C21H28N4O2. The minimum Gasteiger partial charge on any atom is -0.395 e. The second kappa shape index (κ2) is 9.48. The number of aliphatic hydroxyl groups excluding tert-OH is 1. The summed E-state index contributed by atoms with van der Waals surface area (Å²) < 4.78 is 0. The lowest BCUT2D eigenvalue weighted by molar-refractivity contribution is 0.0900. The van der Waals surface area contributed by atoms with Crippen molar-refractivity contribution in [1.29, 1.82) is 0 Å². The number of benzene rings is 1. The smallest absolute Gasteiger partial charge is 0.251 e. The summed E-state index contributed by atoms with van der Waals surface area (Å²) in [4.78, 5) is 21.1. The number of likely N-dealkylation sites (N-methyl/N-ethyl adjacent to an activating group) is 1. The number of piperidine rings is 1. The Kier molecular flexibility index (Phi) is 6.79. The zero-order chi connectivity index (χ0) is 19.1. The van der Waals surface area contributed by atoms with Crippen molar-refractivity contribution in [2.45, 2.75) is 25.4 Å². The van der Waals surface area contributed by atoms with Crippen molar-refractivity contribution in [1.82, 2.24) is 15.2 Å². The van der Waals surface area contributed by atoms with Crippen molar-refractivity contribution in [3.05, 3.63) is 59.9 Å². The molecule has 1 fully saturated rings. The Balaban J connectivity index is 1.54. The fourth-order valence-electron chi connectivity index (χ4n) is 3.48. The van der Waals surface area contributed by atoms with Gasteiger partial charge in [-0.3, -0.25) is 14.7 Å². The van der Waals surface area contributed by atoms with E-state index < -0.39 is 0 Å². The Bertz CT molecular complexity index is 721. The van der Waals surface area contributed by atoms with E-state index in [9.17, 15) is 4.79 Å². The zero-order valence-electron chi connectivity index (χ0n) is 15.8. The standard InChI is InChI=1S/C21H28N4O2/c1-24(12-13-26)20-8-6-18(7-9-20)21(27)23-19-5-3-11-25(16-19)15-17-4-2-10-22-14-17/h2,4,6-10,14,19,26H,3,5,11-13,15-16H2,1H3,(H,23,27)/t19-/m1/s1. The largest absolute Gasteiger partial charge is 0.395 e. The Hall–Kier alpha value is -2.44. The van der Waals surface area contributed by atoms with Crippen LogP contribution in [0.15, 0.2) is 48.8 Å². The SMILES string of the molecule is CN(CCO)c1ccc(C(=O)N[C@@H]2CCCN(Cc3cccnc3)C2)cc1. The van der Waals surface area contributed by atoms with Crippen molar-refractivity contribution in [3.8, 4) is 0 Å². The topological polar surface area (TPSA) is 68.7 Å². The molecule has 1 aromatic heterocycles. The van der Waals surface area contributed by atoms with Crippen molar-refractivity contribution in [3.63, 3.8) is 0 Å². The summed E-state index contributed by atoms with van der Waals surface area (Å²) in [6.07, 6.45) is 5.77. The number of carbonyl (C=O) groups excluding carboxylic acids is 1. The average molecular weight is 368 g/mol. The van der Waals surface area contributed by atoms with E-state index in [2.05, 4.69) is 21.3 Å².